The average Bonchev–Trinajstić information content (AvgIpc) is 2.24. The molecule has 18 heavy (non-hydrogen) atoms. The standard InChI is InChI=1S/C10H17N3O5/c1-2-18-10(17)4-3-9(16)13(5-7(11)14)6-8(12)15/h2-6H2,1H3,(H2,11,14)(H2,12,15). The lowest BCUT2D eigenvalue weighted by Crippen LogP contribution is -2.43. The highest BCUT2D eigenvalue weighted by atomic mass is 16.5. The van der Waals surface area contributed by atoms with Gasteiger partial charge >= 0.3 is 5.97 Å². The number of ether oxygens (including phenoxy) is 1. The number of hydrogen-bond donors (Lipinski definition) is 2. The van der Waals surface area contributed by atoms with Crippen LogP contribution in [-0.4, -0.2) is 48.3 Å². The lowest BCUT2D eigenvalue weighted by molar-refractivity contribution is -0.146. The first kappa shape index (κ1) is 15.9. The quantitative estimate of drug-likeness (QED) is 0.492. The van der Waals surface area contributed by atoms with Gasteiger partial charge in [-0.1, -0.05) is 0 Å². The number of rotatable bonds is 8. The van der Waals surface area contributed by atoms with Gasteiger partial charge < -0.3 is 21.1 Å². The maximum absolute atomic E-state index is 11.6. The summed E-state index contributed by atoms with van der Waals surface area (Å²) in [4.78, 5) is 45.0. The van der Waals surface area contributed by atoms with Crippen molar-refractivity contribution in [3.05, 3.63) is 0 Å². The summed E-state index contributed by atoms with van der Waals surface area (Å²) in [6.45, 7) is 1.04. The second-order valence-electron chi connectivity index (χ2n) is 3.49. The van der Waals surface area contributed by atoms with E-state index in [2.05, 4.69) is 4.74 Å². The molecule has 8 heteroatoms. The number of primary amides is 2. The van der Waals surface area contributed by atoms with Crippen molar-refractivity contribution >= 4 is 23.7 Å². The molecule has 0 aliphatic rings. The summed E-state index contributed by atoms with van der Waals surface area (Å²) in [6, 6.07) is 0. The van der Waals surface area contributed by atoms with Crippen LogP contribution in [0.3, 0.4) is 0 Å². The van der Waals surface area contributed by atoms with Gasteiger partial charge in [0.1, 0.15) is 0 Å². The van der Waals surface area contributed by atoms with Gasteiger partial charge in [-0.25, -0.2) is 0 Å². The van der Waals surface area contributed by atoms with E-state index < -0.39 is 36.8 Å². The van der Waals surface area contributed by atoms with E-state index in [4.69, 9.17) is 11.5 Å². The van der Waals surface area contributed by atoms with Crippen LogP contribution in [0.5, 0.6) is 0 Å². The van der Waals surface area contributed by atoms with Gasteiger partial charge in [0.25, 0.3) is 0 Å². The van der Waals surface area contributed by atoms with Crippen molar-refractivity contribution in [3.63, 3.8) is 0 Å². The molecule has 3 amide bonds. The van der Waals surface area contributed by atoms with Gasteiger partial charge in [-0.05, 0) is 6.92 Å². The van der Waals surface area contributed by atoms with E-state index in [0.29, 0.717) is 0 Å². The first-order chi connectivity index (χ1) is 8.36. The van der Waals surface area contributed by atoms with E-state index in [-0.39, 0.29) is 19.4 Å². The lowest BCUT2D eigenvalue weighted by Gasteiger charge is -2.19. The van der Waals surface area contributed by atoms with E-state index in [1.165, 1.54) is 0 Å². The number of nitrogens with two attached hydrogens (primary N) is 2. The third-order valence-electron chi connectivity index (χ3n) is 1.89. The Hall–Kier alpha value is -2.12. The summed E-state index contributed by atoms with van der Waals surface area (Å²) in [6.07, 6.45) is -0.292. The molecule has 0 bridgehead atoms. The SMILES string of the molecule is CCOC(=O)CCC(=O)N(CC(N)=O)CC(N)=O. The van der Waals surface area contributed by atoms with Gasteiger partial charge in [-0.15, -0.1) is 0 Å². The minimum Gasteiger partial charge on any atom is -0.466 e. The van der Waals surface area contributed by atoms with Crippen LogP contribution in [-0.2, 0) is 23.9 Å². The fourth-order valence-electron chi connectivity index (χ4n) is 1.21. The van der Waals surface area contributed by atoms with Crippen LogP contribution in [0.2, 0.25) is 0 Å². The molecular weight excluding hydrogens is 242 g/mol. The fourth-order valence-corrected chi connectivity index (χ4v) is 1.21. The molecule has 0 unspecified atom stereocenters. The molecule has 0 heterocycles. The Morgan fingerprint density at radius 1 is 1.00 bits per heavy atom. The summed E-state index contributed by atoms with van der Waals surface area (Å²) in [5.74, 6) is -2.61. The second-order valence-corrected chi connectivity index (χ2v) is 3.49. The molecule has 0 atom stereocenters. The second kappa shape index (κ2) is 8.04. The van der Waals surface area contributed by atoms with Crippen molar-refractivity contribution in [1.29, 1.82) is 0 Å². The zero-order valence-corrected chi connectivity index (χ0v) is 10.2. The van der Waals surface area contributed by atoms with Crippen LogP contribution in [0.4, 0.5) is 0 Å². The predicted molar refractivity (Wildman–Crippen MR) is 60.8 cm³/mol. The van der Waals surface area contributed by atoms with Crippen molar-refractivity contribution in [3.8, 4) is 0 Å². The summed E-state index contributed by atoms with van der Waals surface area (Å²) >= 11 is 0. The van der Waals surface area contributed by atoms with E-state index in [9.17, 15) is 19.2 Å². The normalized spacial score (nSPS) is 9.61. The number of esters is 1. The largest absolute Gasteiger partial charge is 0.466 e. The van der Waals surface area contributed by atoms with Crippen LogP contribution < -0.4 is 11.5 Å². The van der Waals surface area contributed by atoms with Crippen LogP contribution in [0.1, 0.15) is 19.8 Å². The Morgan fingerprint density at radius 3 is 1.89 bits per heavy atom. The molecule has 0 saturated heterocycles. The zero-order valence-electron chi connectivity index (χ0n) is 10.2. The molecule has 0 rings (SSSR count). The van der Waals surface area contributed by atoms with Gasteiger partial charge in [0.05, 0.1) is 26.1 Å². The minimum atomic E-state index is -0.763. The van der Waals surface area contributed by atoms with Crippen molar-refractivity contribution in [2.45, 2.75) is 19.8 Å². The summed E-state index contributed by atoms with van der Waals surface area (Å²) in [5.41, 5.74) is 9.87. The molecule has 0 radical (unpaired) electrons. The van der Waals surface area contributed by atoms with E-state index in [0.717, 1.165) is 4.90 Å². The molecule has 0 saturated carbocycles. The third kappa shape index (κ3) is 7.20. The van der Waals surface area contributed by atoms with Gasteiger partial charge in [-0.3, -0.25) is 19.2 Å². The van der Waals surface area contributed by atoms with E-state index in [1.54, 1.807) is 6.92 Å². The molecule has 0 aromatic rings. The Balaban J connectivity index is 4.32. The first-order valence-electron chi connectivity index (χ1n) is 5.36. The highest BCUT2D eigenvalue weighted by Gasteiger charge is 2.18. The molecular formula is C10H17N3O5. The predicted octanol–water partition coefficient (Wildman–Crippen LogP) is -1.87. The zero-order chi connectivity index (χ0) is 14.1. The van der Waals surface area contributed by atoms with Crippen LogP contribution >= 0.6 is 0 Å². The molecule has 0 aromatic heterocycles. The Morgan fingerprint density at radius 2 is 1.50 bits per heavy atom. The van der Waals surface area contributed by atoms with Gasteiger partial charge in [-0.2, -0.15) is 0 Å². The highest BCUT2D eigenvalue weighted by molar-refractivity contribution is 5.89. The molecule has 0 aliphatic carbocycles. The highest BCUT2D eigenvalue weighted by Crippen LogP contribution is 1.99. The number of carbonyl (C=O) groups excluding carboxylic acids is 4. The van der Waals surface area contributed by atoms with Crippen molar-refractivity contribution in [2.24, 2.45) is 11.5 Å². The number of hydrogen-bond acceptors (Lipinski definition) is 5. The summed E-state index contributed by atoms with van der Waals surface area (Å²) in [5, 5.41) is 0. The van der Waals surface area contributed by atoms with E-state index >= 15 is 0 Å². The number of carbonyl (C=O) groups is 4. The fraction of sp³-hybridized carbons (Fsp3) is 0.600. The molecule has 0 fully saturated rings. The van der Waals surface area contributed by atoms with Crippen molar-refractivity contribution < 1.29 is 23.9 Å². The lowest BCUT2D eigenvalue weighted by atomic mass is 10.2. The number of nitrogens with zero attached hydrogens (tertiary/aromatic N) is 1. The molecule has 0 aromatic carbocycles. The van der Waals surface area contributed by atoms with Crippen LogP contribution in [0.15, 0.2) is 0 Å². The molecule has 0 aliphatic heterocycles. The monoisotopic (exact) mass is 259 g/mol. The minimum absolute atomic E-state index is 0.124. The molecule has 4 N–H and O–H groups in total. The topological polar surface area (TPSA) is 133 Å². The Labute approximate surface area is 104 Å². The van der Waals surface area contributed by atoms with E-state index in [1.807, 2.05) is 0 Å². The summed E-state index contributed by atoms with van der Waals surface area (Å²) < 4.78 is 4.64. The Kier molecular flexibility index (Phi) is 7.10. The van der Waals surface area contributed by atoms with Crippen molar-refractivity contribution in [1.82, 2.24) is 4.90 Å². The first-order valence-corrected chi connectivity index (χ1v) is 5.36. The molecule has 102 valence electrons. The third-order valence-corrected chi connectivity index (χ3v) is 1.89. The maximum Gasteiger partial charge on any atom is 0.306 e. The van der Waals surface area contributed by atoms with Gasteiger partial charge in [0, 0.05) is 6.42 Å². The summed E-state index contributed by atoms with van der Waals surface area (Å²) in [7, 11) is 0. The van der Waals surface area contributed by atoms with Crippen molar-refractivity contribution in [2.75, 3.05) is 19.7 Å². The number of amides is 3. The van der Waals surface area contributed by atoms with Crippen LogP contribution in [0.25, 0.3) is 0 Å². The van der Waals surface area contributed by atoms with Gasteiger partial charge in [0.15, 0.2) is 0 Å². The van der Waals surface area contributed by atoms with Crippen LogP contribution in [0, 0.1) is 0 Å². The molecule has 8 nitrogen and oxygen atoms in total. The van der Waals surface area contributed by atoms with Gasteiger partial charge in [0.2, 0.25) is 17.7 Å². The smallest absolute Gasteiger partial charge is 0.306 e. The molecule has 0 spiro atoms. The average molecular weight is 259 g/mol. The maximum atomic E-state index is 11.6. The Bertz CT molecular complexity index is 326.